The predicted octanol–water partition coefficient (Wildman–Crippen LogP) is 3.22. The van der Waals surface area contributed by atoms with Crippen molar-refractivity contribution in [3.05, 3.63) is 59.8 Å². The SMILES string of the molecule is Cc1cc(O)ccc1NC(=O)/C(C#N)=C\Nc1ccc(N(C)C)cc1. The summed E-state index contributed by atoms with van der Waals surface area (Å²) in [6.07, 6.45) is 1.37. The van der Waals surface area contributed by atoms with E-state index in [2.05, 4.69) is 10.6 Å². The van der Waals surface area contributed by atoms with Crippen molar-refractivity contribution in [1.29, 1.82) is 5.26 Å². The van der Waals surface area contributed by atoms with E-state index < -0.39 is 5.91 Å². The van der Waals surface area contributed by atoms with Gasteiger partial charge in [-0.15, -0.1) is 0 Å². The highest BCUT2D eigenvalue weighted by Gasteiger charge is 2.11. The zero-order valence-electron chi connectivity index (χ0n) is 14.4. The first kappa shape index (κ1) is 17.9. The quantitative estimate of drug-likeness (QED) is 0.443. The molecule has 0 aromatic heterocycles. The van der Waals surface area contributed by atoms with Gasteiger partial charge in [-0.1, -0.05) is 0 Å². The second-order valence-corrected chi connectivity index (χ2v) is 5.71. The first-order valence-corrected chi connectivity index (χ1v) is 7.66. The van der Waals surface area contributed by atoms with E-state index in [4.69, 9.17) is 0 Å². The highest BCUT2D eigenvalue weighted by atomic mass is 16.3. The van der Waals surface area contributed by atoms with E-state index in [1.54, 1.807) is 13.0 Å². The van der Waals surface area contributed by atoms with Crippen molar-refractivity contribution in [2.75, 3.05) is 29.6 Å². The lowest BCUT2D eigenvalue weighted by Crippen LogP contribution is -2.15. The Kier molecular flexibility index (Phi) is 5.64. The number of anilines is 3. The zero-order valence-corrected chi connectivity index (χ0v) is 14.4. The fraction of sp³-hybridized carbons (Fsp3) is 0.158. The lowest BCUT2D eigenvalue weighted by Gasteiger charge is -2.12. The molecule has 25 heavy (non-hydrogen) atoms. The Morgan fingerprint density at radius 2 is 1.88 bits per heavy atom. The second-order valence-electron chi connectivity index (χ2n) is 5.71. The van der Waals surface area contributed by atoms with Crippen molar-refractivity contribution in [3.8, 4) is 11.8 Å². The van der Waals surface area contributed by atoms with Crippen LogP contribution in [-0.4, -0.2) is 25.1 Å². The predicted molar refractivity (Wildman–Crippen MR) is 99.6 cm³/mol. The molecule has 0 unspecified atom stereocenters. The number of rotatable bonds is 5. The molecule has 0 aliphatic heterocycles. The van der Waals surface area contributed by atoms with Crippen LogP contribution < -0.4 is 15.5 Å². The van der Waals surface area contributed by atoms with E-state index >= 15 is 0 Å². The van der Waals surface area contributed by atoms with E-state index in [-0.39, 0.29) is 11.3 Å². The minimum atomic E-state index is -0.520. The Balaban J connectivity index is 2.08. The maximum Gasteiger partial charge on any atom is 0.267 e. The lowest BCUT2D eigenvalue weighted by molar-refractivity contribution is -0.112. The number of aryl methyl sites for hydroxylation is 1. The summed E-state index contributed by atoms with van der Waals surface area (Å²) in [5.74, 6) is -0.400. The van der Waals surface area contributed by atoms with Gasteiger partial charge in [0.15, 0.2) is 0 Å². The van der Waals surface area contributed by atoms with E-state index in [0.29, 0.717) is 11.3 Å². The normalized spacial score (nSPS) is 10.7. The van der Waals surface area contributed by atoms with Gasteiger partial charge < -0.3 is 20.6 Å². The third-order valence-electron chi connectivity index (χ3n) is 3.59. The molecule has 0 saturated heterocycles. The average Bonchev–Trinajstić information content (AvgIpc) is 2.58. The Labute approximate surface area is 147 Å². The molecule has 0 heterocycles. The van der Waals surface area contributed by atoms with Gasteiger partial charge in [-0.3, -0.25) is 4.79 Å². The average molecular weight is 336 g/mol. The Morgan fingerprint density at radius 3 is 2.44 bits per heavy atom. The van der Waals surface area contributed by atoms with Crippen LogP contribution in [0.3, 0.4) is 0 Å². The van der Waals surface area contributed by atoms with Crippen LogP contribution in [0.25, 0.3) is 0 Å². The second kappa shape index (κ2) is 7.88. The fourth-order valence-corrected chi connectivity index (χ4v) is 2.14. The first-order chi connectivity index (χ1) is 11.9. The van der Waals surface area contributed by atoms with Crippen LogP contribution in [0.4, 0.5) is 17.1 Å². The molecule has 3 N–H and O–H groups in total. The molecule has 128 valence electrons. The molecule has 0 fully saturated rings. The third-order valence-corrected chi connectivity index (χ3v) is 3.59. The molecule has 0 spiro atoms. The summed E-state index contributed by atoms with van der Waals surface area (Å²) in [5.41, 5.74) is 3.02. The monoisotopic (exact) mass is 336 g/mol. The summed E-state index contributed by atoms with van der Waals surface area (Å²) in [4.78, 5) is 14.2. The van der Waals surface area contributed by atoms with E-state index in [0.717, 1.165) is 11.4 Å². The number of carbonyl (C=O) groups excluding carboxylic acids is 1. The molecule has 1 amide bonds. The Hall–Kier alpha value is -3.46. The van der Waals surface area contributed by atoms with Gasteiger partial charge in [0.2, 0.25) is 0 Å². The van der Waals surface area contributed by atoms with Crippen LogP contribution in [0.1, 0.15) is 5.56 Å². The van der Waals surface area contributed by atoms with Gasteiger partial charge in [0.25, 0.3) is 5.91 Å². The van der Waals surface area contributed by atoms with E-state index in [1.807, 2.05) is 49.3 Å². The van der Waals surface area contributed by atoms with Crippen molar-refractivity contribution in [2.24, 2.45) is 0 Å². The third kappa shape index (κ3) is 4.75. The van der Waals surface area contributed by atoms with Crippen molar-refractivity contribution in [3.63, 3.8) is 0 Å². The highest BCUT2D eigenvalue weighted by molar-refractivity contribution is 6.07. The largest absolute Gasteiger partial charge is 0.508 e. The van der Waals surface area contributed by atoms with Gasteiger partial charge in [-0.2, -0.15) is 5.26 Å². The molecule has 0 radical (unpaired) electrons. The van der Waals surface area contributed by atoms with Crippen LogP contribution in [0.5, 0.6) is 5.75 Å². The zero-order chi connectivity index (χ0) is 18.4. The number of amides is 1. The highest BCUT2D eigenvalue weighted by Crippen LogP contribution is 2.21. The summed E-state index contributed by atoms with van der Waals surface area (Å²) in [5, 5.41) is 24.2. The molecule has 0 aliphatic rings. The first-order valence-electron chi connectivity index (χ1n) is 7.66. The number of nitriles is 1. The minimum absolute atomic E-state index is 0.0517. The number of hydrogen-bond acceptors (Lipinski definition) is 5. The molecular formula is C19H20N4O2. The number of benzene rings is 2. The van der Waals surface area contributed by atoms with Crippen molar-refractivity contribution >= 4 is 23.0 Å². The van der Waals surface area contributed by atoms with Gasteiger partial charge in [-0.05, 0) is 55.0 Å². The van der Waals surface area contributed by atoms with Gasteiger partial charge in [-0.25, -0.2) is 0 Å². The molecule has 2 rings (SSSR count). The molecule has 6 heteroatoms. The fourth-order valence-electron chi connectivity index (χ4n) is 2.14. The lowest BCUT2D eigenvalue weighted by atomic mass is 10.2. The number of aromatic hydroxyl groups is 1. The number of phenols is 1. The van der Waals surface area contributed by atoms with Crippen molar-refractivity contribution in [1.82, 2.24) is 0 Å². The van der Waals surface area contributed by atoms with Crippen LogP contribution >= 0.6 is 0 Å². The van der Waals surface area contributed by atoms with Crippen LogP contribution in [0.15, 0.2) is 54.2 Å². The van der Waals surface area contributed by atoms with Crippen molar-refractivity contribution < 1.29 is 9.90 Å². The summed E-state index contributed by atoms with van der Waals surface area (Å²) < 4.78 is 0. The van der Waals surface area contributed by atoms with Crippen LogP contribution in [0, 0.1) is 18.3 Å². The molecule has 2 aromatic carbocycles. The van der Waals surface area contributed by atoms with Gasteiger partial charge in [0, 0.05) is 37.4 Å². The van der Waals surface area contributed by atoms with Gasteiger partial charge in [0.1, 0.15) is 17.4 Å². The van der Waals surface area contributed by atoms with Crippen LogP contribution in [0.2, 0.25) is 0 Å². The van der Waals surface area contributed by atoms with Gasteiger partial charge in [0.05, 0.1) is 0 Å². The van der Waals surface area contributed by atoms with Crippen molar-refractivity contribution in [2.45, 2.75) is 6.92 Å². The number of nitrogens with one attached hydrogen (secondary N) is 2. The van der Waals surface area contributed by atoms with Gasteiger partial charge >= 0.3 is 0 Å². The molecule has 6 nitrogen and oxygen atoms in total. The summed E-state index contributed by atoms with van der Waals surface area (Å²) >= 11 is 0. The molecule has 0 bridgehead atoms. The number of hydrogen-bond donors (Lipinski definition) is 3. The standard InChI is InChI=1S/C19H20N4O2/c1-13-10-17(24)8-9-18(13)22-19(25)14(11-20)12-21-15-4-6-16(7-5-15)23(2)3/h4-10,12,21,24H,1-3H3,(H,22,25)/b14-12-. The topological polar surface area (TPSA) is 88.4 Å². The van der Waals surface area contributed by atoms with E-state index in [1.165, 1.54) is 18.3 Å². The number of nitrogens with zero attached hydrogens (tertiary/aromatic N) is 2. The molecule has 2 aromatic rings. The summed E-state index contributed by atoms with van der Waals surface area (Å²) in [6, 6.07) is 14.1. The molecule has 0 aliphatic carbocycles. The summed E-state index contributed by atoms with van der Waals surface area (Å²) in [7, 11) is 3.90. The Morgan fingerprint density at radius 1 is 1.20 bits per heavy atom. The van der Waals surface area contributed by atoms with E-state index in [9.17, 15) is 15.2 Å². The summed E-state index contributed by atoms with van der Waals surface area (Å²) in [6.45, 7) is 1.76. The maximum absolute atomic E-state index is 12.2. The smallest absolute Gasteiger partial charge is 0.267 e. The number of carbonyl (C=O) groups is 1. The van der Waals surface area contributed by atoms with Crippen LogP contribution in [-0.2, 0) is 4.79 Å². The molecule has 0 saturated carbocycles. The molecular weight excluding hydrogens is 316 g/mol. The maximum atomic E-state index is 12.2. The molecule has 0 atom stereocenters. The number of phenolic OH excluding ortho intramolecular Hbond substituents is 1. The Bertz CT molecular complexity index is 833. The minimum Gasteiger partial charge on any atom is -0.508 e.